The summed E-state index contributed by atoms with van der Waals surface area (Å²) in [7, 11) is 0. The van der Waals surface area contributed by atoms with Crippen LogP contribution in [0.4, 0.5) is 4.39 Å². The van der Waals surface area contributed by atoms with Gasteiger partial charge in [-0.2, -0.15) is 4.98 Å². The Balaban J connectivity index is 1.82. The molecule has 3 nitrogen and oxygen atoms in total. The number of hydrogen-bond acceptors (Lipinski definition) is 3. The van der Waals surface area contributed by atoms with Crippen LogP contribution in [-0.2, 0) is 0 Å². The number of rotatable bonds is 2. The normalized spacial score (nSPS) is 11.2. The van der Waals surface area contributed by atoms with E-state index in [-0.39, 0.29) is 5.82 Å². The highest BCUT2D eigenvalue weighted by Gasteiger charge is 2.12. The van der Waals surface area contributed by atoms with E-state index in [0.717, 1.165) is 26.3 Å². The first-order chi connectivity index (χ1) is 10.7. The lowest BCUT2D eigenvalue weighted by Gasteiger charge is -1.99. The second kappa shape index (κ2) is 5.30. The minimum Gasteiger partial charge on any atom is -0.207 e. The van der Waals surface area contributed by atoms with Crippen LogP contribution in [0.2, 0.25) is 0 Å². The highest BCUT2D eigenvalue weighted by atomic mass is 79.9. The zero-order valence-corrected chi connectivity index (χ0v) is 13.6. The molecule has 0 atom stereocenters. The number of fused-ring (bicyclic) bond motifs is 1. The third kappa shape index (κ3) is 2.34. The van der Waals surface area contributed by atoms with Gasteiger partial charge in [0.2, 0.25) is 4.96 Å². The van der Waals surface area contributed by atoms with E-state index in [1.807, 2.05) is 34.2 Å². The van der Waals surface area contributed by atoms with Gasteiger partial charge < -0.3 is 0 Å². The van der Waals surface area contributed by atoms with Crippen LogP contribution in [0.25, 0.3) is 27.6 Å². The van der Waals surface area contributed by atoms with E-state index in [4.69, 9.17) is 0 Å². The SMILES string of the molecule is Fc1ccc(-c2nc3scc(-c4ccc(Br)cc4)n3n2)cc1. The van der Waals surface area contributed by atoms with Crippen molar-refractivity contribution in [3.8, 4) is 22.6 Å². The van der Waals surface area contributed by atoms with E-state index in [2.05, 4.69) is 26.0 Å². The first-order valence-corrected chi connectivity index (χ1v) is 8.24. The van der Waals surface area contributed by atoms with Gasteiger partial charge in [-0.3, -0.25) is 0 Å². The lowest BCUT2D eigenvalue weighted by atomic mass is 10.2. The van der Waals surface area contributed by atoms with Gasteiger partial charge in [0, 0.05) is 21.0 Å². The van der Waals surface area contributed by atoms with E-state index in [9.17, 15) is 4.39 Å². The number of aromatic nitrogens is 3. The molecule has 0 amide bonds. The van der Waals surface area contributed by atoms with Gasteiger partial charge in [-0.15, -0.1) is 16.4 Å². The van der Waals surface area contributed by atoms with Crippen molar-refractivity contribution in [1.29, 1.82) is 0 Å². The monoisotopic (exact) mass is 373 g/mol. The highest BCUT2D eigenvalue weighted by Crippen LogP contribution is 2.28. The third-order valence-electron chi connectivity index (χ3n) is 3.32. The van der Waals surface area contributed by atoms with Gasteiger partial charge in [-0.25, -0.2) is 8.91 Å². The zero-order valence-electron chi connectivity index (χ0n) is 11.2. The van der Waals surface area contributed by atoms with Crippen molar-refractivity contribution in [1.82, 2.24) is 14.6 Å². The first kappa shape index (κ1) is 13.6. The van der Waals surface area contributed by atoms with Crippen LogP contribution in [-0.4, -0.2) is 14.6 Å². The minimum absolute atomic E-state index is 0.264. The van der Waals surface area contributed by atoms with Crippen molar-refractivity contribution in [2.45, 2.75) is 0 Å². The molecule has 0 unspecified atom stereocenters. The lowest BCUT2D eigenvalue weighted by molar-refractivity contribution is 0.628. The molecule has 0 aliphatic heterocycles. The second-order valence-electron chi connectivity index (χ2n) is 4.76. The topological polar surface area (TPSA) is 30.2 Å². The molecule has 4 aromatic rings. The van der Waals surface area contributed by atoms with Crippen LogP contribution in [0.15, 0.2) is 58.4 Å². The number of thiazole rings is 1. The molecule has 0 N–H and O–H groups in total. The molecule has 22 heavy (non-hydrogen) atoms. The van der Waals surface area contributed by atoms with Crippen molar-refractivity contribution in [2.24, 2.45) is 0 Å². The van der Waals surface area contributed by atoms with E-state index in [1.54, 1.807) is 12.1 Å². The Morgan fingerprint density at radius 1 is 0.955 bits per heavy atom. The Bertz CT molecular complexity index is 942. The summed E-state index contributed by atoms with van der Waals surface area (Å²) in [6, 6.07) is 14.3. The fraction of sp³-hybridized carbons (Fsp3) is 0. The molecule has 4 rings (SSSR count). The summed E-state index contributed by atoms with van der Waals surface area (Å²) < 4.78 is 15.9. The molecular formula is C16H9BrFN3S. The van der Waals surface area contributed by atoms with Crippen molar-refractivity contribution >= 4 is 32.2 Å². The molecule has 108 valence electrons. The lowest BCUT2D eigenvalue weighted by Crippen LogP contribution is -1.89. The Hall–Kier alpha value is -2.05. The van der Waals surface area contributed by atoms with Crippen molar-refractivity contribution in [2.75, 3.05) is 0 Å². The van der Waals surface area contributed by atoms with Gasteiger partial charge in [0.25, 0.3) is 0 Å². The van der Waals surface area contributed by atoms with Gasteiger partial charge in [0.05, 0.1) is 5.69 Å². The Morgan fingerprint density at radius 2 is 1.64 bits per heavy atom. The fourth-order valence-corrected chi connectivity index (χ4v) is 3.32. The van der Waals surface area contributed by atoms with E-state index >= 15 is 0 Å². The molecule has 6 heteroatoms. The average molecular weight is 374 g/mol. The Kier molecular flexibility index (Phi) is 3.28. The predicted molar refractivity (Wildman–Crippen MR) is 89.4 cm³/mol. The largest absolute Gasteiger partial charge is 0.213 e. The summed E-state index contributed by atoms with van der Waals surface area (Å²) in [5.74, 6) is 0.338. The molecule has 0 saturated heterocycles. The van der Waals surface area contributed by atoms with E-state index in [0.29, 0.717) is 5.82 Å². The maximum absolute atomic E-state index is 13.0. The second-order valence-corrected chi connectivity index (χ2v) is 6.52. The summed E-state index contributed by atoms with van der Waals surface area (Å²) in [5.41, 5.74) is 2.87. The van der Waals surface area contributed by atoms with Crippen LogP contribution in [0.1, 0.15) is 0 Å². The van der Waals surface area contributed by atoms with Crippen molar-refractivity contribution < 1.29 is 4.39 Å². The molecule has 0 saturated carbocycles. The summed E-state index contributed by atoms with van der Waals surface area (Å²) in [6.07, 6.45) is 0. The third-order valence-corrected chi connectivity index (χ3v) is 4.67. The van der Waals surface area contributed by atoms with Crippen molar-refractivity contribution in [3.63, 3.8) is 0 Å². The molecule has 2 aromatic carbocycles. The molecule has 0 aliphatic rings. The zero-order chi connectivity index (χ0) is 15.1. The average Bonchev–Trinajstić information content (AvgIpc) is 3.09. The molecule has 2 heterocycles. The molecule has 0 spiro atoms. The summed E-state index contributed by atoms with van der Waals surface area (Å²) >= 11 is 4.97. The van der Waals surface area contributed by atoms with Crippen LogP contribution in [0.3, 0.4) is 0 Å². The maximum Gasteiger partial charge on any atom is 0.213 e. The van der Waals surface area contributed by atoms with Gasteiger partial charge in [0.15, 0.2) is 5.82 Å². The molecule has 0 bridgehead atoms. The maximum atomic E-state index is 13.0. The van der Waals surface area contributed by atoms with Crippen LogP contribution < -0.4 is 0 Å². The smallest absolute Gasteiger partial charge is 0.207 e. The highest BCUT2D eigenvalue weighted by molar-refractivity contribution is 9.10. The minimum atomic E-state index is -0.264. The van der Waals surface area contributed by atoms with E-state index in [1.165, 1.54) is 23.5 Å². The molecule has 0 radical (unpaired) electrons. The molecule has 2 aromatic heterocycles. The number of nitrogens with zero attached hydrogens (tertiary/aromatic N) is 3. The fourth-order valence-electron chi connectivity index (χ4n) is 2.22. The van der Waals surface area contributed by atoms with Crippen molar-refractivity contribution in [3.05, 3.63) is 64.2 Å². The number of halogens is 2. The predicted octanol–water partition coefficient (Wildman–Crippen LogP) is 5.03. The van der Waals surface area contributed by atoms with Crippen LogP contribution in [0, 0.1) is 5.82 Å². The van der Waals surface area contributed by atoms with Gasteiger partial charge in [0.1, 0.15) is 5.82 Å². The molecule has 0 fully saturated rings. The summed E-state index contributed by atoms with van der Waals surface area (Å²) in [6.45, 7) is 0. The Morgan fingerprint density at radius 3 is 2.36 bits per heavy atom. The van der Waals surface area contributed by atoms with E-state index < -0.39 is 0 Å². The summed E-state index contributed by atoms with van der Waals surface area (Å²) in [5, 5.41) is 6.59. The number of benzene rings is 2. The molecule has 0 aliphatic carbocycles. The first-order valence-electron chi connectivity index (χ1n) is 6.57. The quantitative estimate of drug-likeness (QED) is 0.493. The Labute approximate surface area is 138 Å². The van der Waals surface area contributed by atoms with Gasteiger partial charge in [-0.05, 0) is 36.4 Å². The standard InChI is InChI=1S/C16H9BrFN3S/c17-12-5-1-10(2-6-12)14-9-22-16-19-15(20-21(14)16)11-3-7-13(18)8-4-11/h1-9H. The van der Waals surface area contributed by atoms with Crippen LogP contribution in [0.5, 0.6) is 0 Å². The summed E-state index contributed by atoms with van der Waals surface area (Å²) in [4.78, 5) is 5.33. The number of hydrogen-bond donors (Lipinski definition) is 0. The molecular weight excluding hydrogens is 365 g/mol. The van der Waals surface area contributed by atoms with Crippen LogP contribution >= 0.6 is 27.3 Å². The van der Waals surface area contributed by atoms with Gasteiger partial charge >= 0.3 is 0 Å². The van der Waals surface area contributed by atoms with Gasteiger partial charge in [-0.1, -0.05) is 28.1 Å².